The van der Waals surface area contributed by atoms with Gasteiger partial charge in [0.05, 0.1) is 17.9 Å². The molecule has 0 atom stereocenters. The number of nitrogens with zero attached hydrogens (tertiary/aromatic N) is 4. The molecule has 1 aromatic heterocycles. The SMILES string of the molecule is CN(CC(=O)N(CCC(N)=O)c1ccccc1)Cc1cn(-c2ccccc2)nc1-c1ccccc1. The third kappa shape index (κ3) is 6.22. The van der Waals surface area contributed by atoms with E-state index in [1.165, 1.54) is 0 Å². The monoisotopic (exact) mass is 467 g/mol. The zero-order valence-corrected chi connectivity index (χ0v) is 19.7. The van der Waals surface area contributed by atoms with Gasteiger partial charge in [-0.2, -0.15) is 5.10 Å². The van der Waals surface area contributed by atoms with Crippen molar-refractivity contribution < 1.29 is 9.59 Å². The summed E-state index contributed by atoms with van der Waals surface area (Å²) < 4.78 is 1.87. The van der Waals surface area contributed by atoms with Crippen LogP contribution >= 0.6 is 0 Å². The van der Waals surface area contributed by atoms with Gasteiger partial charge in [0.1, 0.15) is 0 Å². The maximum atomic E-state index is 13.2. The molecule has 0 radical (unpaired) electrons. The molecule has 7 heteroatoms. The summed E-state index contributed by atoms with van der Waals surface area (Å²) in [4.78, 5) is 28.2. The van der Waals surface area contributed by atoms with Gasteiger partial charge in [-0.1, -0.05) is 66.7 Å². The molecule has 2 amide bonds. The average molecular weight is 468 g/mol. The Kier molecular flexibility index (Phi) is 7.70. The first kappa shape index (κ1) is 23.9. The van der Waals surface area contributed by atoms with E-state index in [4.69, 9.17) is 10.8 Å². The maximum absolute atomic E-state index is 13.2. The van der Waals surface area contributed by atoms with Crippen LogP contribution in [0.5, 0.6) is 0 Å². The molecule has 3 aromatic carbocycles. The molecule has 0 spiro atoms. The Morgan fingerprint density at radius 1 is 0.886 bits per heavy atom. The third-order valence-corrected chi connectivity index (χ3v) is 5.65. The van der Waals surface area contributed by atoms with Crippen molar-refractivity contribution >= 4 is 17.5 Å². The zero-order valence-electron chi connectivity index (χ0n) is 19.7. The quantitative estimate of drug-likeness (QED) is 0.384. The number of carbonyl (C=O) groups is 2. The number of primary amides is 1. The first-order valence-corrected chi connectivity index (χ1v) is 11.5. The first-order chi connectivity index (χ1) is 17.0. The number of rotatable bonds is 10. The summed E-state index contributed by atoms with van der Waals surface area (Å²) in [6.45, 7) is 0.951. The van der Waals surface area contributed by atoms with E-state index in [1.807, 2.05) is 114 Å². The third-order valence-electron chi connectivity index (χ3n) is 5.65. The van der Waals surface area contributed by atoms with Crippen LogP contribution < -0.4 is 10.6 Å². The molecule has 4 aromatic rings. The fourth-order valence-corrected chi connectivity index (χ4v) is 3.97. The Morgan fingerprint density at radius 3 is 2.11 bits per heavy atom. The number of carbonyl (C=O) groups excluding carboxylic acids is 2. The van der Waals surface area contributed by atoms with Gasteiger partial charge in [-0.3, -0.25) is 14.5 Å². The topological polar surface area (TPSA) is 84.5 Å². The van der Waals surface area contributed by atoms with E-state index in [2.05, 4.69) is 0 Å². The van der Waals surface area contributed by atoms with Gasteiger partial charge in [0.25, 0.3) is 0 Å². The normalized spacial score (nSPS) is 10.9. The van der Waals surface area contributed by atoms with Crippen molar-refractivity contribution in [1.29, 1.82) is 0 Å². The van der Waals surface area contributed by atoms with Crippen LogP contribution in [0.15, 0.2) is 97.2 Å². The van der Waals surface area contributed by atoms with Crippen LogP contribution in [-0.2, 0) is 16.1 Å². The van der Waals surface area contributed by atoms with Crippen LogP contribution in [0, 0.1) is 0 Å². The Labute approximate surface area is 205 Å². The van der Waals surface area contributed by atoms with E-state index in [9.17, 15) is 9.59 Å². The van der Waals surface area contributed by atoms with E-state index in [0.29, 0.717) is 6.54 Å². The standard InChI is InChI=1S/C28H29N5O2/c1-31(21-27(35)32(18-17-26(29)34)24-13-7-3-8-14-24)19-23-20-33(25-15-9-4-10-16-25)30-28(23)22-11-5-2-6-12-22/h2-16,20H,17-19,21H2,1H3,(H2,29,34). The number of nitrogens with two attached hydrogens (primary N) is 1. The summed E-state index contributed by atoms with van der Waals surface area (Å²) in [7, 11) is 1.91. The molecule has 0 aliphatic carbocycles. The summed E-state index contributed by atoms with van der Waals surface area (Å²) in [5, 5.41) is 4.86. The molecule has 0 unspecified atom stereocenters. The molecular formula is C28H29N5O2. The van der Waals surface area contributed by atoms with Crippen molar-refractivity contribution in [3.8, 4) is 16.9 Å². The van der Waals surface area contributed by atoms with Crippen molar-refractivity contribution in [3.63, 3.8) is 0 Å². The molecule has 35 heavy (non-hydrogen) atoms. The molecule has 0 saturated heterocycles. The van der Waals surface area contributed by atoms with Crippen LogP contribution in [0.1, 0.15) is 12.0 Å². The van der Waals surface area contributed by atoms with Gasteiger partial charge >= 0.3 is 0 Å². The second-order valence-corrected chi connectivity index (χ2v) is 8.42. The molecule has 0 fully saturated rings. The molecule has 4 rings (SSSR count). The molecule has 7 nitrogen and oxygen atoms in total. The molecule has 0 saturated carbocycles. The van der Waals surface area contributed by atoms with Gasteiger partial charge < -0.3 is 10.6 Å². The Hall–Kier alpha value is -4.23. The van der Waals surface area contributed by atoms with Crippen molar-refractivity contribution in [2.75, 3.05) is 25.0 Å². The fourth-order valence-electron chi connectivity index (χ4n) is 3.97. The smallest absolute Gasteiger partial charge is 0.241 e. The lowest BCUT2D eigenvalue weighted by Crippen LogP contribution is -2.40. The first-order valence-electron chi connectivity index (χ1n) is 11.5. The van der Waals surface area contributed by atoms with Crippen LogP contribution in [0.3, 0.4) is 0 Å². The molecule has 0 bridgehead atoms. The molecule has 1 heterocycles. The number of benzene rings is 3. The average Bonchev–Trinajstić information content (AvgIpc) is 3.29. The number of amides is 2. The zero-order chi connectivity index (χ0) is 24.6. The predicted octanol–water partition coefficient (Wildman–Crippen LogP) is 3.88. The highest BCUT2D eigenvalue weighted by molar-refractivity contribution is 5.95. The van der Waals surface area contributed by atoms with Crippen LogP contribution in [0.25, 0.3) is 16.9 Å². The molecule has 0 aliphatic rings. The van der Waals surface area contributed by atoms with Crippen molar-refractivity contribution in [3.05, 3.63) is 103 Å². The molecule has 2 N–H and O–H groups in total. The minimum Gasteiger partial charge on any atom is -0.370 e. The second-order valence-electron chi connectivity index (χ2n) is 8.42. The number of aromatic nitrogens is 2. The Balaban J connectivity index is 1.55. The molecular weight excluding hydrogens is 438 g/mol. The largest absolute Gasteiger partial charge is 0.370 e. The van der Waals surface area contributed by atoms with Gasteiger partial charge in [-0.15, -0.1) is 0 Å². The minimum atomic E-state index is -0.437. The predicted molar refractivity (Wildman–Crippen MR) is 138 cm³/mol. The van der Waals surface area contributed by atoms with Gasteiger partial charge in [0, 0.05) is 42.5 Å². The van der Waals surface area contributed by atoms with Crippen LogP contribution in [0.4, 0.5) is 5.69 Å². The fraction of sp³-hybridized carbons (Fsp3) is 0.179. The van der Waals surface area contributed by atoms with Crippen LogP contribution in [0.2, 0.25) is 0 Å². The van der Waals surface area contributed by atoms with Crippen molar-refractivity contribution in [2.24, 2.45) is 5.73 Å². The highest BCUT2D eigenvalue weighted by Crippen LogP contribution is 2.25. The summed E-state index contributed by atoms with van der Waals surface area (Å²) in [6, 6.07) is 29.3. The number of hydrogen-bond donors (Lipinski definition) is 1. The maximum Gasteiger partial charge on any atom is 0.241 e. The summed E-state index contributed by atoms with van der Waals surface area (Å²) in [5.74, 6) is -0.537. The summed E-state index contributed by atoms with van der Waals surface area (Å²) in [6.07, 6.45) is 2.12. The van der Waals surface area contributed by atoms with E-state index in [-0.39, 0.29) is 25.4 Å². The lowest BCUT2D eigenvalue weighted by Gasteiger charge is -2.25. The van der Waals surface area contributed by atoms with E-state index in [1.54, 1.807) is 4.90 Å². The van der Waals surface area contributed by atoms with Crippen molar-refractivity contribution in [1.82, 2.24) is 14.7 Å². The van der Waals surface area contributed by atoms with Crippen LogP contribution in [-0.4, -0.2) is 46.6 Å². The second kappa shape index (κ2) is 11.3. The number of hydrogen-bond acceptors (Lipinski definition) is 4. The van der Waals surface area contributed by atoms with E-state index < -0.39 is 5.91 Å². The minimum absolute atomic E-state index is 0.100. The lowest BCUT2D eigenvalue weighted by atomic mass is 10.1. The van der Waals surface area contributed by atoms with Gasteiger partial charge in [0.15, 0.2) is 0 Å². The lowest BCUT2D eigenvalue weighted by molar-refractivity contribution is -0.120. The molecule has 0 aliphatic heterocycles. The van der Waals surface area contributed by atoms with E-state index >= 15 is 0 Å². The van der Waals surface area contributed by atoms with Gasteiger partial charge in [-0.25, -0.2) is 4.68 Å². The number of anilines is 1. The Bertz CT molecular complexity index is 1260. The van der Waals surface area contributed by atoms with Gasteiger partial charge in [0.2, 0.25) is 11.8 Å². The number of likely N-dealkylation sites (N-methyl/N-ethyl adjacent to an activating group) is 1. The summed E-state index contributed by atoms with van der Waals surface area (Å²) >= 11 is 0. The van der Waals surface area contributed by atoms with E-state index in [0.717, 1.165) is 28.2 Å². The highest BCUT2D eigenvalue weighted by Gasteiger charge is 2.20. The summed E-state index contributed by atoms with van der Waals surface area (Å²) in [5.41, 5.74) is 9.97. The van der Waals surface area contributed by atoms with Gasteiger partial charge in [-0.05, 0) is 31.3 Å². The van der Waals surface area contributed by atoms with Crippen molar-refractivity contribution in [2.45, 2.75) is 13.0 Å². The Morgan fingerprint density at radius 2 is 1.49 bits per heavy atom. The highest BCUT2D eigenvalue weighted by atomic mass is 16.2. The number of para-hydroxylation sites is 2. The molecule has 178 valence electrons.